The van der Waals surface area contributed by atoms with E-state index in [1.807, 2.05) is 0 Å². The molecule has 18 heavy (non-hydrogen) atoms. The van der Waals surface area contributed by atoms with Crippen LogP contribution >= 0.6 is 0 Å². The molecule has 2 aliphatic rings. The van der Waals surface area contributed by atoms with Crippen molar-refractivity contribution in [2.24, 2.45) is 0 Å². The van der Waals surface area contributed by atoms with E-state index in [1.54, 1.807) is 0 Å². The maximum atomic E-state index is 3.68. The summed E-state index contributed by atoms with van der Waals surface area (Å²) in [7, 11) is 0. The molecule has 0 aromatic rings. The molecule has 0 aromatic heterocycles. The molecule has 2 nitrogen and oxygen atoms in total. The lowest BCUT2D eigenvalue weighted by atomic mass is 10.0. The van der Waals surface area contributed by atoms with E-state index in [0.29, 0.717) is 0 Å². The van der Waals surface area contributed by atoms with Gasteiger partial charge in [-0.2, -0.15) is 0 Å². The molecule has 1 heterocycles. The minimum absolute atomic E-state index is 0.793. The number of allylic oxidation sites excluding steroid dienone is 1. The highest BCUT2D eigenvalue weighted by Gasteiger charge is 2.18. The summed E-state index contributed by atoms with van der Waals surface area (Å²) in [6, 6.07) is 0.793. The van der Waals surface area contributed by atoms with Gasteiger partial charge in [0.05, 0.1) is 0 Å². The highest BCUT2D eigenvalue weighted by Crippen LogP contribution is 2.20. The van der Waals surface area contributed by atoms with Crippen molar-refractivity contribution in [1.82, 2.24) is 10.4 Å². The highest BCUT2D eigenvalue weighted by atomic mass is 15.5. The molecular weight excluding hydrogens is 220 g/mol. The molecule has 0 bridgehead atoms. The van der Waals surface area contributed by atoms with E-state index in [-0.39, 0.29) is 0 Å². The SMILES string of the molecule is C1=C\CCNN(C2CCCCCCCC2)CCC/1. The van der Waals surface area contributed by atoms with Gasteiger partial charge in [0.2, 0.25) is 0 Å². The highest BCUT2D eigenvalue weighted by molar-refractivity contribution is 4.84. The third-order valence-corrected chi connectivity index (χ3v) is 4.33. The van der Waals surface area contributed by atoms with Gasteiger partial charge < -0.3 is 0 Å². The second-order valence-corrected chi connectivity index (χ2v) is 5.86. The normalized spacial score (nSPS) is 28.2. The van der Waals surface area contributed by atoms with Gasteiger partial charge >= 0.3 is 0 Å². The zero-order chi connectivity index (χ0) is 12.5. The Bertz CT molecular complexity index is 215. The van der Waals surface area contributed by atoms with E-state index in [2.05, 4.69) is 22.6 Å². The number of nitrogens with one attached hydrogen (secondary N) is 1. The third kappa shape index (κ3) is 5.11. The van der Waals surface area contributed by atoms with Gasteiger partial charge in [-0.25, -0.2) is 5.01 Å². The Balaban J connectivity index is 1.84. The van der Waals surface area contributed by atoms with Crippen molar-refractivity contribution in [2.75, 3.05) is 13.1 Å². The van der Waals surface area contributed by atoms with Gasteiger partial charge in [0.15, 0.2) is 0 Å². The first-order valence-electron chi connectivity index (χ1n) is 8.12. The largest absolute Gasteiger partial charge is 0.255 e. The minimum atomic E-state index is 0.793. The van der Waals surface area contributed by atoms with Crippen LogP contribution in [-0.4, -0.2) is 24.1 Å². The molecule has 1 N–H and O–H groups in total. The molecule has 0 radical (unpaired) electrons. The Hall–Kier alpha value is -0.340. The molecule has 104 valence electrons. The predicted molar refractivity (Wildman–Crippen MR) is 78.4 cm³/mol. The fourth-order valence-electron chi connectivity index (χ4n) is 3.22. The van der Waals surface area contributed by atoms with Gasteiger partial charge in [0.1, 0.15) is 0 Å². The van der Waals surface area contributed by atoms with Crippen molar-refractivity contribution in [3.63, 3.8) is 0 Å². The summed E-state index contributed by atoms with van der Waals surface area (Å²) in [6.07, 6.45) is 19.9. The molecule has 2 heteroatoms. The van der Waals surface area contributed by atoms with Gasteiger partial charge in [-0.05, 0) is 32.1 Å². The maximum Gasteiger partial charge on any atom is 0.0243 e. The van der Waals surface area contributed by atoms with E-state index in [4.69, 9.17) is 0 Å². The van der Waals surface area contributed by atoms with Crippen molar-refractivity contribution in [3.05, 3.63) is 12.2 Å². The minimum Gasteiger partial charge on any atom is -0.255 e. The van der Waals surface area contributed by atoms with Crippen LogP contribution in [0.1, 0.15) is 70.6 Å². The van der Waals surface area contributed by atoms with Crippen molar-refractivity contribution >= 4 is 0 Å². The Labute approximate surface area is 113 Å². The Kier molecular flexibility index (Phi) is 6.81. The predicted octanol–water partition coefficient (Wildman–Crippen LogP) is 4.04. The summed E-state index contributed by atoms with van der Waals surface area (Å²) in [6.45, 7) is 2.35. The first-order valence-corrected chi connectivity index (χ1v) is 8.12. The van der Waals surface area contributed by atoms with Gasteiger partial charge in [-0.1, -0.05) is 50.7 Å². The maximum absolute atomic E-state index is 3.68. The lowest BCUT2D eigenvalue weighted by Crippen LogP contribution is -2.46. The van der Waals surface area contributed by atoms with Crippen molar-refractivity contribution in [2.45, 2.75) is 76.7 Å². The molecule has 0 unspecified atom stereocenters. The Morgan fingerprint density at radius 1 is 0.778 bits per heavy atom. The second kappa shape index (κ2) is 8.71. The smallest absolute Gasteiger partial charge is 0.0243 e. The summed E-state index contributed by atoms with van der Waals surface area (Å²) >= 11 is 0. The Morgan fingerprint density at radius 2 is 1.44 bits per heavy atom. The van der Waals surface area contributed by atoms with Gasteiger partial charge in [0, 0.05) is 19.1 Å². The molecule has 0 amide bonds. The quantitative estimate of drug-likeness (QED) is 0.707. The van der Waals surface area contributed by atoms with E-state index in [1.165, 1.54) is 77.2 Å². The van der Waals surface area contributed by atoms with Crippen LogP contribution in [0.15, 0.2) is 12.2 Å². The molecule has 0 aromatic carbocycles. The average molecular weight is 250 g/mol. The zero-order valence-electron chi connectivity index (χ0n) is 11.9. The molecule has 1 aliphatic heterocycles. The van der Waals surface area contributed by atoms with Crippen LogP contribution < -0.4 is 5.43 Å². The molecule has 1 fully saturated rings. The molecule has 0 spiro atoms. The number of hydrogen-bond acceptors (Lipinski definition) is 2. The van der Waals surface area contributed by atoms with E-state index >= 15 is 0 Å². The number of rotatable bonds is 1. The average Bonchev–Trinajstić information content (AvgIpc) is 2.61. The lowest BCUT2D eigenvalue weighted by molar-refractivity contribution is 0.107. The lowest BCUT2D eigenvalue weighted by Gasteiger charge is -2.32. The van der Waals surface area contributed by atoms with Crippen LogP contribution in [0.2, 0.25) is 0 Å². The summed E-state index contributed by atoms with van der Waals surface area (Å²) in [4.78, 5) is 0. The molecule has 2 rings (SSSR count). The standard InChI is InChI=1S/C16H30N2/c1-2-5-9-13-16(12-8-4-1)18-15-11-7-3-6-10-14-17-18/h3,6,16-17H,1-2,4-5,7-15H2/b6-3-. The topological polar surface area (TPSA) is 15.3 Å². The molecule has 1 saturated carbocycles. The van der Waals surface area contributed by atoms with E-state index in [9.17, 15) is 0 Å². The van der Waals surface area contributed by atoms with E-state index in [0.717, 1.165) is 12.6 Å². The van der Waals surface area contributed by atoms with Crippen molar-refractivity contribution in [1.29, 1.82) is 0 Å². The van der Waals surface area contributed by atoms with Crippen molar-refractivity contribution in [3.8, 4) is 0 Å². The zero-order valence-corrected chi connectivity index (χ0v) is 11.9. The first-order chi connectivity index (χ1) is 8.97. The van der Waals surface area contributed by atoms with Crippen LogP contribution in [0.5, 0.6) is 0 Å². The third-order valence-electron chi connectivity index (χ3n) is 4.33. The van der Waals surface area contributed by atoms with Crippen LogP contribution in [0.25, 0.3) is 0 Å². The monoisotopic (exact) mass is 250 g/mol. The van der Waals surface area contributed by atoms with Crippen LogP contribution in [-0.2, 0) is 0 Å². The molecule has 0 atom stereocenters. The summed E-state index contributed by atoms with van der Waals surface area (Å²) in [5.41, 5.74) is 3.68. The van der Waals surface area contributed by atoms with Gasteiger partial charge in [-0.15, -0.1) is 0 Å². The number of hydrazine groups is 1. The summed E-state index contributed by atoms with van der Waals surface area (Å²) in [5, 5.41) is 2.58. The van der Waals surface area contributed by atoms with Crippen LogP contribution in [0.3, 0.4) is 0 Å². The Morgan fingerprint density at radius 3 is 2.22 bits per heavy atom. The number of hydrogen-bond donors (Lipinski definition) is 1. The fourth-order valence-corrected chi connectivity index (χ4v) is 3.22. The number of nitrogens with zero attached hydrogens (tertiary/aromatic N) is 1. The van der Waals surface area contributed by atoms with Gasteiger partial charge in [-0.3, -0.25) is 5.43 Å². The van der Waals surface area contributed by atoms with Gasteiger partial charge in [0.25, 0.3) is 0 Å². The van der Waals surface area contributed by atoms with Crippen LogP contribution in [0.4, 0.5) is 0 Å². The van der Waals surface area contributed by atoms with Crippen molar-refractivity contribution < 1.29 is 0 Å². The summed E-state index contributed by atoms with van der Waals surface area (Å²) in [5.74, 6) is 0. The molecule has 0 saturated heterocycles. The second-order valence-electron chi connectivity index (χ2n) is 5.86. The van der Waals surface area contributed by atoms with Crippen LogP contribution in [0, 0.1) is 0 Å². The molecular formula is C16H30N2. The first kappa shape index (κ1) is 14.1. The fraction of sp³-hybridized carbons (Fsp3) is 0.875. The van der Waals surface area contributed by atoms with E-state index < -0.39 is 0 Å². The summed E-state index contributed by atoms with van der Waals surface area (Å²) < 4.78 is 0. The molecule has 1 aliphatic carbocycles.